The molecule has 0 aliphatic carbocycles. The first-order valence-corrected chi connectivity index (χ1v) is 7.71. The Morgan fingerprint density at radius 3 is 2.56 bits per heavy atom. The average Bonchev–Trinajstić information content (AvgIpc) is 2.23. The molecule has 0 amide bonds. The van der Waals surface area contributed by atoms with E-state index in [4.69, 9.17) is 7.80 Å². The fraction of sp³-hybridized carbons (Fsp3) is 0.600. The van der Waals surface area contributed by atoms with Crippen molar-refractivity contribution in [3.63, 3.8) is 0 Å². The minimum absolute atomic E-state index is 0.153. The van der Waals surface area contributed by atoms with Crippen LogP contribution in [-0.4, -0.2) is 42.1 Å². The van der Waals surface area contributed by atoms with Gasteiger partial charge in [-0.15, -0.1) is 0 Å². The summed E-state index contributed by atoms with van der Waals surface area (Å²) in [5, 5.41) is 0. The summed E-state index contributed by atoms with van der Waals surface area (Å²) in [5.41, 5.74) is 0.364. The Bertz CT molecular complexity index is 268. The molecular formula is C10H17INO4-. The molecule has 0 aromatic rings. The molecular weight excluding hydrogens is 325 g/mol. The van der Waals surface area contributed by atoms with Gasteiger partial charge in [0, 0.05) is 0 Å². The minimum atomic E-state index is -0.458. The van der Waals surface area contributed by atoms with Gasteiger partial charge in [0.05, 0.1) is 0 Å². The van der Waals surface area contributed by atoms with Crippen molar-refractivity contribution in [1.82, 2.24) is 4.90 Å². The molecule has 94 valence electrons. The van der Waals surface area contributed by atoms with E-state index in [2.05, 4.69) is 6.58 Å². The van der Waals surface area contributed by atoms with E-state index < -0.39 is 27.6 Å². The molecule has 0 saturated carbocycles. The molecule has 0 atom stereocenters. The molecule has 0 radical (unpaired) electrons. The predicted octanol–water partition coefficient (Wildman–Crippen LogP) is -2.44. The number of esters is 1. The van der Waals surface area contributed by atoms with Crippen LogP contribution < -0.4 is 21.6 Å². The van der Waals surface area contributed by atoms with Crippen LogP contribution in [0.2, 0.25) is 0 Å². The zero-order chi connectivity index (χ0) is 12.6. The summed E-state index contributed by atoms with van der Waals surface area (Å²) in [7, 11) is 1.76. The van der Waals surface area contributed by atoms with E-state index in [1.54, 1.807) is 18.9 Å². The Labute approximate surface area is 107 Å². The van der Waals surface area contributed by atoms with Crippen LogP contribution in [0.15, 0.2) is 12.2 Å². The van der Waals surface area contributed by atoms with Gasteiger partial charge in [-0.25, -0.2) is 0 Å². The molecule has 0 aromatic carbocycles. The maximum absolute atomic E-state index is 11.1. The monoisotopic (exact) mass is 342 g/mol. The molecule has 0 aliphatic heterocycles. The van der Waals surface area contributed by atoms with Crippen LogP contribution in [0.25, 0.3) is 0 Å². The van der Waals surface area contributed by atoms with E-state index in [9.17, 15) is 9.59 Å². The molecule has 0 aliphatic rings. The summed E-state index contributed by atoms with van der Waals surface area (Å²) >= 11 is -0.458. The van der Waals surface area contributed by atoms with Gasteiger partial charge >= 0.3 is 107 Å². The predicted molar refractivity (Wildman–Crippen MR) is 55.0 cm³/mol. The second-order valence-corrected chi connectivity index (χ2v) is 4.60. The zero-order valence-electron chi connectivity index (χ0n) is 9.79. The van der Waals surface area contributed by atoms with Gasteiger partial charge in [0.15, 0.2) is 0 Å². The summed E-state index contributed by atoms with van der Waals surface area (Å²) in [6, 6.07) is 0. The van der Waals surface area contributed by atoms with Crippen molar-refractivity contribution in [2.24, 2.45) is 0 Å². The van der Waals surface area contributed by atoms with Crippen LogP contribution in [0.1, 0.15) is 13.3 Å². The Hall–Kier alpha value is -0.630. The second kappa shape index (κ2) is 8.51. The first-order valence-electron chi connectivity index (χ1n) is 4.67. The molecule has 0 saturated heterocycles. The maximum atomic E-state index is 11.1. The number of carbonyl (C=O) groups excluding carboxylic acids is 2. The van der Waals surface area contributed by atoms with Gasteiger partial charge in [0.1, 0.15) is 0 Å². The van der Waals surface area contributed by atoms with Gasteiger partial charge < -0.3 is 0 Å². The molecule has 0 aromatic heterocycles. The summed E-state index contributed by atoms with van der Waals surface area (Å²) in [6.07, 6.45) is 0.314. The molecule has 0 bridgehead atoms. The van der Waals surface area contributed by atoms with E-state index in [0.29, 0.717) is 18.5 Å². The number of hydrogen-bond acceptors (Lipinski definition) is 5. The van der Waals surface area contributed by atoms with E-state index in [0.717, 1.165) is 0 Å². The van der Waals surface area contributed by atoms with Crippen LogP contribution >= 0.6 is 0 Å². The first kappa shape index (κ1) is 15.4. The number of alkyl halides is 1. The van der Waals surface area contributed by atoms with Crippen molar-refractivity contribution in [1.29, 1.82) is 0 Å². The van der Waals surface area contributed by atoms with Crippen LogP contribution in [0.5, 0.6) is 0 Å². The van der Waals surface area contributed by atoms with Gasteiger partial charge in [-0.3, -0.25) is 0 Å². The Balaban J connectivity index is 3.66. The first-order chi connectivity index (χ1) is 7.47. The van der Waals surface area contributed by atoms with Crippen LogP contribution in [0.4, 0.5) is 0 Å². The van der Waals surface area contributed by atoms with Gasteiger partial charge in [0.2, 0.25) is 0 Å². The number of halogens is 1. The molecule has 0 N–H and O–H groups in total. The molecule has 0 unspecified atom stereocenters. The quantitative estimate of drug-likeness (QED) is 0.169. The fourth-order valence-electron chi connectivity index (χ4n) is 0.763. The molecule has 5 nitrogen and oxygen atoms in total. The number of carbonyl (C=O) groups is 2. The van der Waals surface area contributed by atoms with Crippen molar-refractivity contribution in [3.05, 3.63) is 12.2 Å². The molecule has 16 heavy (non-hydrogen) atoms. The van der Waals surface area contributed by atoms with Crippen molar-refractivity contribution in [2.45, 2.75) is 13.3 Å². The number of nitrogens with zero attached hydrogens (tertiary/aromatic N) is 1. The van der Waals surface area contributed by atoms with Gasteiger partial charge in [-0.2, -0.15) is 0 Å². The van der Waals surface area contributed by atoms with Crippen molar-refractivity contribution >= 4 is 11.9 Å². The third-order valence-corrected chi connectivity index (χ3v) is 2.56. The molecule has 0 fully saturated rings. The summed E-state index contributed by atoms with van der Waals surface area (Å²) in [6.45, 7) is 5.71. The Kier molecular flexibility index (Phi) is 8.18. The zero-order valence-corrected chi connectivity index (χ0v) is 11.9. The second-order valence-electron chi connectivity index (χ2n) is 3.27. The standard InChI is InChI=1S/C10H17INO4/c1-8(2)10(14)15-7-12(4)6-5-9(13)16-11-3/h1,5-7H2,2-4H3/q-1. The van der Waals surface area contributed by atoms with E-state index in [1.807, 2.05) is 4.93 Å². The van der Waals surface area contributed by atoms with Crippen LogP contribution in [-0.2, 0) is 17.4 Å². The summed E-state index contributed by atoms with van der Waals surface area (Å²) < 4.78 is 9.78. The molecule has 0 spiro atoms. The number of rotatable bonds is 7. The van der Waals surface area contributed by atoms with E-state index >= 15 is 0 Å². The molecule has 0 heterocycles. The van der Waals surface area contributed by atoms with Gasteiger partial charge in [0.25, 0.3) is 0 Å². The Morgan fingerprint density at radius 2 is 2.06 bits per heavy atom. The SMILES string of the molecule is C=C(C)C(=O)OCN(C)CCC(=O)O[I-]C. The molecule has 6 heteroatoms. The van der Waals surface area contributed by atoms with Crippen molar-refractivity contribution in [2.75, 3.05) is 25.3 Å². The Morgan fingerprint density at radius 1 is 1.44 bits per heavy atom. The fourth-order valence-corrected chi connectivity index (χ4v) is 1.47. The topological polar surface area (TPSA) is 55.8 Å². The van der Waals surface area contributed by atoms with Crippen molar-refractivity contribution < 1.29 is 39.0 Å². The van der Waals surface area contributed by atoms with Crippen molar-refractivity contribution in [3.8, 4) is 0 Å². The third kappa shape index (κ3) is 7.63. The summed E-state index contributed by atoms with van der Waals surface area (Å²) in [5.74, 6) is -0.623. The number of ether oxygens (including phenoxy) is 1. The third-order valence-electron chi connectivity index (χ3n) is 1.63. The van der Waals surface area contributed by atoms with Gasteiger partial charge in [-0.1, -0.05) is 0 Å². The normalized spacial score (nSPS) is 10.2. The number of hydrogen-bond donors (Lipinski definition) is 0. The van der Waals surface area contributed by atoms with Crippen LogP contribution in [0, 0.1) is 0 Å². The van der Waals surface area contributed by atoms with Gasteiger partial charge in [-0.05, 0) is 0 Å². The van der Waals surface area contributed by atoms with Crippen LogP contribution in [0.3, 0.4) is 0 Å². The van der Waals surface area contributed by atoms with E-state index in [-0.39, 0.29) is 12.7 Å². The molecule has 0 rings (SSSR count). The summed E-state index contributed by atoms with van der Waals surface area (Å²) in [4.78, 5) is 25.7. The van der Waals surface area contributed by atoms with E-state index in [1.165, 1.54) is 0 Å². The average molecular weight is 342 g/mol.